The van der Waals surface area contributed by atoms with Crippen molar-refractivity contribution in [2.75, 3.05) is 17.2 Å². The fourth-order valence-corrected chi connectivity index (χ4v) is 4.20. The van der Waals surface area contributed by atoms with Crippen LogP contribution in [0.4, 0.5) is 17.1 Å². The third-order valence-electron chi connectivity index (χ3n) is 5.88. The van der Waals surface area contributed by atoms with Gasteiger partial charge in [-0.05, 0) is 32.0 Å². The minimum absolute atomic E-state index is 0.125. The van der Waals surface area contributed by atoms with Gasteiger partial charge in [0.05, 0.1) is 41.3 Å². The quantitative estimate of drug-likeness (QED) is 0.292. The summed E-state index contributed by atoms with van der Waals surface area (Å²) in [6.45, 7) is 3.90. The molecule has 12 heteroatoms. The van der Waals surface area contributed by atoms with Crippen LogP contribution in [0.5, 0.6) is 5.75 Å². The molecule has 0 bridgehead atoms. The summed E-state index contributed by atoms with van der Waals surface area (Å²) in [6.07, 6.45) is -1.62. The molecular formula is C23H26N6O6. The van der Waals surface area contributed by atoms with Gasteiger partial charge in [0.25, 0.3) is 5.69 Å². The van der Waals surface area contributed by atoms with E-state index in [0.717, 1.165) is 11.3 Å². The first-order valence-electron chi connectivity index (χ1n) is 11.2. The second-order valence-corrected chi connectivity index (χ2v) is 8.36. The Morgan fingerprint density at radius 3 is 2.60 bits per heavy atom. The van der Waals surface area contributed by atoms with Crippen LogP contribution < -0.4 is 31.3 Å². The predicted molar refractivity (Wildman–Crippen MR) is 126 cm³/mol. The van der Waals surface area contributed by atoms with Crippen LogP contribution in [-0.2, 0) is 14.4 Å². The first-order chi connectivity index (χ1) is 16.7. The Balaban J connectivity index is 1.50. The standard InChI is InChI=1S/C23H26N6O6/c1-3-35-17-10-14(29(33)34)8-9-16(17)25-21(31)15-11-18(30)26-20-19(15)22(32)28-23(27-20)24-13-6-4-12(2)5-7-13/h4-10,15,19-20,23-24,27H,3,11H2,1-2H3,(H,25,31)(H,26,30)(H,28,32). The van der Waals surface area contributed by atoms with E-state index in [2.05, 4.69) is 26.6 Å². The lowest BCUT2D eigenvalue weighted by Crippen LogP contribution is -2.72. The Morgan fingerprint density at radius 2 is 1.91 bits per heavy atom. The monoisotopic (exact) mass is 482 g/mol. The molecular weight excluding hydrogens is 456 g/mol. The number of rotatable bonds is 7. The molecule has 3 amide bonds. The fourth-order valence-electron chi connectivity index (χ4n) is 4.20. The number of hydrogen-bond donors (Lipinski definition) is 5. The van der Waals surface area contributed by atoms with Gasteiger partial charge in [-0.25, -0.2) is 0 Å². The number of ether oxygens (including phenoxy) is 1. The summed E-state index contributed by atoms with van der Waals surface area (Å²) >= 11 is 0. The van der Waals surface area contributed by atoms with E-state index in [9.17, 15) is 24.5 Å². The Kier molecular flexibility index (Phi) is 6.82. The highest BCUT2D eigenvalue weighted by Gasteiger charge is 2.48. The Morgan fingerprint density at radius 1 is 1.17 bits per heavy atom. The third-order valence-corrected chi connectivity index (χ3v) is 5.88. The molecule has 4 rings (SSSR count). The number of non-ortho nitro benzene ring substituents is 1. The van der Waals surface area contributed by atoms with Crippen molar-refractivity contribution >= 4 is 34.8 Å². The van der Waals surface area contributed by atoms with Gasteiger partial charge in [-0.1, -0.05) is 17.7 Å². The average Bonchev–Trinajstić information content (AvgIpc) is 2.81. The van der Waals surface area contributed by atoms with E-state index in [0.29, 0.717) is 0 Å². The van der Waals surface area contributed by atoms with E-state index < -0.39 is 41.0 Å². The smallest absolute Gasteiger partial charge is 0.273 e. The second kappa shape index (κ2) is 9.97. The van der Waals surface area contributed by atoms with Crippen LogP contribution in [0.3, 0.4) is 0 Å². The van der Waals surface area contributed by atoms with Crippen LogP contribution in [0.25, 0.3) is 0 Å². The Hall–Kier alpha value is -4.19. The highest BCUT2D eigenvalue weighted by atomic mass is 16.6. The zero-order chi connectivity index (χ0) is 25.1. The molecule has 0 aliphatic carbocycles. The van der Waals surface area contributed by atoms with Gasteiger partial charge in [-0.3, -0.25) is 29.8 Å². The number of nitro groups is 1. The van der Waals surface area contributed by atoms with Gasteiger partial charge < -0.3 is 26.0 Å². The van der Waals surface area contributed by atoms with Gasteiger partial charge in [0.2, 0.25) is 17.7 Å². The van der Waals surface area contributed by atoms with E-state index in [1.807, 2.05) is 31.2 Å². The van der Waals surface area contributed by atoms with Crippen LogP contribution in [0.2, 0.25) is 0 Å². The summed E-state index contributed by atoms with van der Waals surface area (Å²) in [5.74, 6) is -3.04. The van der Waals surface area contributed by atoms with Crippen molar-refractivity contribution in [2.24, 2.45) is 11.8 Å². The molecule has 12 nitrogen and oxygen atoms in total. The number of amides is 3. The molecule has 5 N–H and O–H groups in total. The van der Waals surface area contributed by atoms with Crippen molar-refractivity contribution < 1.29 is 24.0 Å². The summed E-state index contributed by atoms with van der Waals surface area (Å²) in [6, 6.07) is 11.4. The van der Waals surface area contributed by atoms with Crippen molar-refractivity contribution in [3.63, 3.8) is 0 Å². The maximum absolute atomic E-state index is 13.2. The molecule has 35 heavy (non-hydrogen) atoms. The number of nitrogens with one attached hydrogen (secondary N) is 5. The van der Waals surface area contributed by atoms with E-state index in [1.165, 1.54) is 18.2 Å². The van der Waals surface area contributed by atoms with Gasteiger partial charge in [-0.2, -0.15) is 0 Å². The van der Waals surface area contributed by atoms with Crippen LogP contribution in [0.1, 0.15) is 18.9 Å². The molecule has 2 aliphatic rings. The van der Waals surface area contributed by atoms with Gasteiger partial charge in [-0.15, -0.1) is 0 Å². The summed E-state index contributed by atoms with van der Waals surface area (Å²) < 4.78 is 5.44. The number of carbonyl (C=O) groups is 3. The van der Waals surface area contributed by atoms with Crippen molar-refractivity contribution in [3.8, 4) is 5.75 Å². The molecule has 0 spiro atoms. The molecule has 184 valence electrons. The van der Waals surface area contributed by atoms with Crippen molar-refractivity contribution in [2.45, 2.75) is 32.7 Å². The predicted octanol–water partition coefficient (Wildman–Crippen LogP) is 1.43. The van der Waals surface area contributed by atoms with E-state index in [1.54, 1.807) is 6.92 Å². The fraction of sp³-hybridized carbons (Fsp3) is 0.348. The zero-order valence-electron chi connectivity index (χ0n) is 19.2. The SMILES string of the molecule is CCOc1cc([N+](=O)[O-])ccc1NC(=O)C1CC(=O)NC2NC(Nc3ccc(C)cc3)NC(=O)C21. The molecule has 2 heterocycles. The third kappa shape index (κ3) is 5.32. The van der Waals surface area contributed by atoms with Crippen LogP contribution in [-0.4, -0.2) is 41.7 Å². The lowest BCUT2D eigenvalue weighted by Gasteiger charge is -2.43. The molecule has 2 aliphatic heterocycles. The number of fused-ring (bicyclic) bond motifs is 1. The molecule has 2 aromatic carbocycles. The largest absolute Gasteiger partial charge is 0.491 e. The first kappa shape index (κ1) is 24.0. The van der Waals surface area contributed by atoms with Crippen LogP contribution in [0.15, 0.2) is 42.5 Å². The second-order valence-electron chi connectivity index (χ2n) is 8.36. The van der Waals surface area contributed by atoms with Crippen molar-refractivity contribution in [1.82, 2.24) is 16.0 Å². The molecule has 0 aromatic heterocycles. The average molecular weight is 482 g/mol. The lowest BCUT2D eigenvalue weighted by molar-refractivity contribution is -0.384. The first-order valence-corrected chi connectivity index (χ1v) is 11.2. The summed E-state index contributed by atoms with van der Waals surface area (Å²) in [7, 11) is 0. The molecule has 2 fully saturated rings. The number of anilines is 2. The molecule has 0 saturated carbocycles. The summed E-state index contributed by atoms with van der Waals surface area (Å²) in [4.78, 5) is 49.1. The molecule has 2 saturated heterocycles. The van der Waals surface area contributed by atoms with E-state index in [-0.39, 0.29) is 36.1 Å². The number of nitro benzene ring substituents is 1. The van der Waals surface area contributed by atoms with Crippen LogP contribution in [0, 0.1) is 28.9 Å². The minimum Gasteiger partial charge on any atom is -0.491 e. The molecule has 4 unspecified atom stereocenters. The Labute approximate surface area is 200 Å². The normalized spacial score (nSPS) is 23.4. The topological polar surface area (TPSA) is 164 Å². The zero-order valence-corrected chi connectivity index (χ0v) is 19.2. The van der Waals surface area contributed by atoms with Gasteiger partial charge in [0.15, 0.2) is 6.29 Å². The maximum atomic E-state index is 13.2. The van der Waals surface area contributed by atoms with Gasteiger partial charge in [0.1, 0.15) is 5.75 Å². The van der Waals surface area contributed by atoms with Crippen molar-refractivity contribution in [1.29, 1.82) is 0 Å². The molecule has 0 radical (unpaired) electrons. The van der Waals surface area contributed by atoms with E-state index in [4.69, 9.17) is 4.74 Å². The number of aryl methyl sites for hydroxylation is 1. The van der Waals surface area contributed by atoms with Crippen LogP contribution >= 0.6 is 0 Å². The molecule has 2 aromatic rings. The maximum Gasteiger partial charge on any atom is 0.273 e. The number of piperidine rings is 1. The number of benzene rings is 2. The van der Waals surface area contributed by atoms with Crippen molar-refractivity contribution in [3.05, 3.63) is 58.1 Å². The number of nitrogens with zero attached hydrogens (tertiary/aromatic N) is 1. The van der Waals surface area contributed by atoms with E-state index >= 15 is 0 Å². The summed E-state index contributed by atoms with van der Waals surface area (Å²) in [5, 5.41) is 25.6. The van der Waals surface area contributed by atoms with Gasteiger partial charge >= 0.3 is 0 Å². The highest BCUT2D eigenvalue weighted by Crippen LogP contribution is 2.32. The summed E-state index contributed by atoms with van der Waals surface area (Å²) in [5.41, 5.74) is 1.88. The lowest BCUT2D eigenvalue weighted by atomic mass is 9.81. The molecule has 4 atom stereocenters. The minimum atomic E-state index is -0.966. The number of hydrogen-bond acceptors (Lipinski definition) is 8. The Bertz CT molecular complexity index is 1150. The number of carbonyl (C=O) groups excluding carboxylic acids is 3. The van der Waals surface area contributed by atoms with Gasteiger partial charge in [0, 0.05) is 18.2 Å². The highest BCUT2D eigenvalue weighted by molar-refractivity contribution is 6.01.